The first-order chi connectivity index (χ1) is 14.7. The summed E-state index contributed by atoms with van der Waals surface area (Å²) in [5, 5.41) is 8.64. The van der Waals surface area contributed by atoms with Crippen molar-refractivity contribution < 1.29 is 13.9 Å². The van der Waals surface area contributed by atoms with Gasteiger partial charge >= 0.3 is 0 Å². The highest BCUT2D eigenvalue weighted by atomic mass is 32.1. The van der Waals surface area contributed by atoms with Gasteiger partial charge in [-0.3, -0.25) is 0 Å². The molecule has 0 N–H and O–H groups in total. The number of rotatable bonds is 6. The Morgan fingerprint density at radius 2 is 1.83 bits per heavy atom. The van der Waals surface area contributed by atoms with E-state index in [4.69, 9.17) is 9.47 Å². The standard InChI is InChI=1S/C22H18FN3O2S2/c1-27-17-9-10-21(28-2)19(12-17)20-14-30-22(25-16-7-5-15(23)6-8-16)26(20)24-13-18-4-3-11-29-18/h3-14H,1-2H3. The lowest BCUT2D eigenvalue weighted by Gasteiger charge is -2.11. The molecule has 0 bridgehead atoms. The maximum atomic E-state index is 13.3. The molecule has 0 saturated heterocycles. The first kappa shape index (κ1) is 20.1. The summed E-state index contributed by atoms with van der Waals surface area (Å²) in [4.78, 5) is 6.32. The van der Waals surface area contributed by atoms with Crippen molar-refractivity contribution in [3.63, 3.8) is 0 Å². The van der Waals surface area contributed by atoms with Gasteiger partial charge in [-0.25, -0.2) is 14.1 Å². The number of benzene rings is 2. The molecule has 8 heteroatoms. The molecule has 4 rings (SSSR count). The number of thiophene rings is 1. The first-order valence-corrected chi connectivity index (χ1v) is 10.7. The van der Waals surface area contributed by atoms with E-state index in [1.807, 2.05) is 41.1 Å². The van der Waals surface area contributed by atoms with Crippen LogP contribution in [0.2, 0.25) is 0 Å². The van der Waals surface area contributed by atoms with Crippen molar-refractivity contribution in [3.8, 4) is 22.8 Å². The van der Waals surface area contributed by atoms with E-state index in [1.165, 1.54) is 23.5 Å². The number of methoxy groups -OCH3 is 2. The van der Waals surface area contributed by atoms with Crippen molar-refractivity contribution in [2.45, 2.75) is 0 Å². The summed E-state index contributed by atoms with van der Waals surface area (Å²) < 4.78 is 26.0. The topological polar surface area (TPSA) is 48.1 Å². The third-order valence-electron chi connectivity index (χ3n) is 4.26. The monoisotopic (exact) mass is 439 g/mol. The molecule has 0 fully saturated rings. The third kappa shape index (κ3) is 4.34. The summed E-state index contributed by atoms with van der Waals surface area (Å²) in [6.45, 7) is 0. The van der Waals surface area contributed by atoms with E-state index in [0.717, 1.165) is 16.1 Å². The van der Waals surface area contributed by atoms with Crippen LogP contribution in [0.25, 0.3) is 11.3 Å². The lowest BCUT2D eigenvalue weighted by molar-refractivity contribution is 0.404. The van der Waals surface area contributed by atoms with Crippen LogP contribution in [0.15, 0.2) is 75.5 Å². The van der Waals surface area contributed by atoms with Gasteiger partial charge in [-0.1, -0.05) is 6.07 Å². The molecule has 2 aromatic carbocycles. The van der Waals surface area contributed by atoms with Gasteiger partial charge in [0.05, 0.1) is 31.8 Å². The normalized spacial score (nSPS) is 11.9. The lowest BCUT2D eigenvalue weighted by atomic mass is 10.1. The van der Waals surface area contributed by atoms with Crippen LogP contribution >= 0.6 is 22.7 Å². The summed E-state index contributed by atoms with van der Waals surface area (Å²) in [6.07, 6.45) is 1.79. The maximum absolute atomic E-state index is 13.3. The van der Waals surface area contributed by atoms with Crippen LogP contribution in [0.1, 0.15) is 4.88 Å². The number of aromatic nitrogens is 1. The molecule has 0 aliphatic rings. The molecule has 0 spiro atoms. The molecule has 0 amide bonds. The van der Waals surface area contributed by atoms with Gasteiger partial charge in [0.2, 0.25) is 4.80 Å². The van der Waals surface area contributed by atoms with E-state index in [-0.39, 0.29) is 5.82 Å². The Morgan fingerprint density at radius 3 is 2.53 bits per heavy atom. The molecular weight excluding hydrogens is 421 g/mol. The Hall–Kier alpha value is -3.23. The Balaban J connectivity index is 1.89. The number of ether oxygens (including phenoxy) is 2. The zero-order valence-corrected chi connectivity index (χ0v) is 17.9. The van der Waals surface area contributed by atoms with Crippen LogP contribution in [0, 0.1) is 5.82 Å². The van der Waals surface area contributed by atoms with Crippen LogP contribution < -0.4 is 14.3 Å². The number of hydrogen-bond acceptors (Lipinski definition) is 6. The van der Waals surface area contributed by atoms with Gasteiger partial charge in [-0.15, -0.1) is 22.7 Å². The molecule has 0 saturated carbocycles. The molecule has 2 heterocycles. The van der Waals surface area contributed by atoms with Crippen molar-refractivity contribution in [2.24, 2.45) is 10.1 Å². The van der Waals surface area contributed by atoms with E-state index in [0.29, 0.717) is 22.0 Å². The molecule has 0 atom stereocenters. The van der Waals surface area contributed by atoms with Crippen LogP contribution in [0.5, 0.6) is 11.5 Å². The molecule has 0 aliphatic carbocycles. The Morgan fingerprint density at radius 1 is 1.00 bits per heavy atom. The summed E-state index contributed by atoms with van der Waals surface area (Å²) in [6, 6.07) is 15.6. The van der Waals surface area contributed by atoms with Gasteiger partial charge in [0.15, 0.2) is 0 Å². The molecule has 152 valence electrons. The second-order valence-corrected chi connectivity index (χ2v) is 7.95. The molecule has 30 heavy (non-hydrogen) atoms. The highest BCUT2D eigenvalue weighted by Crippen LogP contribution is 2.34. The third-order valence-corrected chi connectivity index (χ3v) is 5.89. The summed E-state index contributed by atoms with van der Waals surface area (Å²) in [5.74, 6) is 1.11. The van der Waals surface area contributed by atoms with Gasteiger partial charge in [0.25, 0.3) is 0 Å². The zero-order chi connectivity index (χ0) is 20.9. The predicted octanol–water partition coefficient (Wildman–Crippen LogP) is 5.55. The van der Waals surface area contributed by atoms with E-state index in [2.05, 4.69) is 10.1 Å². The largest absolute Gasteiger partial charge is 0.497 e. The second-order valence-electron chi connectivity index (χ2n) is 6.13. The van der Waals surface area contributed by atoms with Crippen molar-refractivity contribution in [2.75, 3.05) is 14.2 Å². The number of hydrogen-bond donors (Lipinski definition) is 0. The molecule has 4 aromatic rings. The van der Waals surface area contributed by atoms with Gasteiger partial charge in [0, 0.05) is 15.8 Å². The van der Waals surface area contributed by atoms with Gasteiger partial charge in [-0.05, 0) is 53.9 Å². The predicted molar refractivity (Wildman–Crippen MR) is 120 cm³/mol. The zero-order valence-electron chi connectivity index (χ0n) is 16.3. The van der Waals surface area contributed by atoms with Crippen LogP contribution in [-0.2, 0) is 0 Å². The molecular formula is C22H18FN3O2S2. The van der Waals surface area contributed by atoms with Crippen LogP contribution in [0.3, 0.4) is 0 Å². The minimum atomic E-state index is -0.300. The Labute approximate surface area is 181 Å². The van der Waals surface area contributed by atoms with Crippen LogP contribution in [-0.4, -0.2) is 25.1 Å². The molecule has 2 aromatic heterocycles. The van der Waals surface area contributed by atoms with E-state index >= 15 is 0 Å². The molecule has 0 aliphatic heterocycles. The average Bonchev–Trinajstić information content (AvgIpc) is 3.43. The summed E-state index contributed by atoms with van der Waals surface area (Å²) in [5.41, 5.74) is 2.28. The van der Waals surface area contributed by atoms with E-state index in [9.17, 15) is 4.39 Å². The molecule has 5 nitrogen and oxygen atoms in total. The van der Waals surface area contributed by atoms with Gasteiger partial charge in [-0.2, -0.15) is 5.10 Å². The van der Waals surface area contributed by atoms with Crippen molar-refractivity contribution >= 4 is 34.6 Å². The maximum Gasteiger partial charge on any atom is 0.211 e. The smallest absolute Gasteiger partial charge is 0.211 e. The van der Waals surface area contributed by atoms with E-state index in [1.54, 1.807) is 48.6 Å². The van der Waals surface area contributed by atoms with Crippen molar-refractivity contribution in [1.29, 1.82) is 0 Å². The fourth-order valence-corrected chi connectivity index (χ4v) is 4.22. The molecule has 0 radical (unpaired) electrons. The SMILES string of the molecule is COc1ccc(OC)c(-c2csc(=Nc3ccc(F)cc3)n2N=Cc2cccs2)c1. The fraction of sp³-hybridized carbons (Fsp3) is 0.0909. The second kappa shape index (κ2) is 9.06. The minimum Gasteiger partial charge on any atom is -0.497 e. The molecule has 0 unspecified atom stereocenters. The summed E-state index contributed by atoms with van der Waals surface area (Å²) >= 11 is 3.03. The lowest BCUT2D eigenvalue weighted by Crippen LogP contribution is -2.11. The Kier molecular flexibility index (Phi) is 6.06. The number of thiazole rings is 1. The van der Waals surface area contributed by atoms with Crippen LogP contribution in [0.4, 0.5) is 10.1 Å². The summed E-state index contributed by atoms with van der Waals surface area (Å²) in [7, 11) is 3.25. The van der Waals surface area contributed by atoms with Gasteiger partial charge in [0.1, 0.15) is 17.3 Å². The van der Waals surface area contributed by atoms with Gasteiger partial charge < -0.3 is 9.47 Å². The van der Waals surface area contributed by atoms with Crippen molar-refractivity contribution in [3.05, 3.63) is 80.9 Å². The fourth-order valence-electron chi connectivity index (χ4n) is 2.79. The average molecular weight is 440 g/mol. The Bertz CT molecular complexity index is 1230. The number of halogens is 1. The first-order valence-electron chi connectivity index (χ1n) is 8.99. The highest BCUT2D eigenvalue weighted by Gasteiger charge is 2.14. The minimum absolute atomic E-state index is 0.300. The van der Waals surface area contributed by atoms with Crippen molar-refractivity contribution in [1.82, 2.24) is 4.68 Å². The highest BCUT2D eigenvalue weighted by molar-refractivity contribution is 7.11. The quantitative estimate of drug-likeness (QED) is 0.370. The number of nitrogens with zero attached hydrogens (tertiary/aromatic N) is 3. The van der Waals surface area contributed by atoms with E-state index < -0.39 is 0 Å².